The van der Waals surface area contributed by atoms with E-state index in [0.717, 1.165) is 44.1 Å². The molecule has 0 saturated heterocycles. The van der Waals surface area contributed by atoms with Crippen molar-refractivity contribution < 1.29 is 45.4 Å². The first-order chi connectivity index (χ1) is 32.8. The second-order valence-corrected chi connectivity index (χ2v) is 18.7. The van der Waals surface area contributed by atoms with Crippen LogP contribution in [0, 0.1) is 0 Å². The van der Waals surface area contributed by atoms with Gasteiger partial charge in [-0.15, -0.1) is 0 Å². The van der Waals surface area contributed by atoms with Crippen LogP contribution in [0.2, 0.25) is 0 Å². The molecule has 6 aromatic heterocycles. The number of H-pyrrole nitrogens is 4. The van der Waals surface area contributed by atoms with E-state index in [2.05, 4.69) is 39.9 Å². The molecule has 10 heterocycles. The monoisotopic (exact) mass is 994 g/mol. The largest absolute Gasteiger partial charge is 2.00 e. The van der Waals surface area contributed by atoms with E-state index in [-0.39, 0.29) is 51.8 Å². The number of nitrogens with one attached hydrogen (secondary N) is 4. The van der Waals surface area contributed by atoms with E-state index in [1.54, 1.807) is 72.8 Å². The maximum atomic E-state index is 12.5. The summed E-state index contributed by atoms with van der Waals surface area (Å²) in [5, 5.41) is 0. The minimum atomic E-state index is -4.85. The Morgan fingerprint density at radius 3 is 0.942 bits per heavy atom. The summed E-state index contributed by atoms with van der Waals surface area (Å²) in [6.07, 6.45) is 7.17. The van der Waals surface area contributed by atoms with Gasteiger partial charge in [0.2, 0.25) is 0 Å². The Morgan fingerprint density at radius 2 is 0.623 bits per heavy atom. The van der Waals surface area contributed by atoms with Gasteiger partial charge in [0, 0.05) is 55.3 Å². The van der Waals surface area contributed by atoms with Crippen LogP contribution in [0.5, 0.6) is 0 Å². The van der Waals surface area contributed by atoms with Crippen molar-refractivity contribution in [3.8, 4) is 0 Å². The third-order valence-electron chi connectivity index (χ3n) is 11.2. The molecule has 4 aliphatic heterocycles. The van der Waals surface area contributed by atoms with E-state index in [9.17, 15) is 25.9 Å². The van der Waals surface area contributed by atoms with Gasteiger partial charge in [-0.05, 0) is 132 Å². The van der Waals surface area contributed by atoms with E-state index >= 15 is 0 Å². The zero-order valence-electron chi connectivity index (χ0n) is 36.1. The van der Waals surface area contributed by atoms with Crippen LogP contribution < -0.4 is 0 Å². The van der Waals surface area contributed by atoms with Crippen molar-refractivity contribution in [3.63, 3.8) is 0 Å². The second-order valence-electron chi connectivity index (χ2n) is 16.0. The van der Waals surface area contributed by atoms with Crippen LogP contribution in [0.15, 0.2) is 158 Å². The summed E-state index contributed by atoms with van der Waals surface area (Å²) < 4.78 is 74.8. The molecule has 0 amide bonds. The Labute approximate surface area is 406 Å². The molecule has 4 aliphatic rings. The van der Waals surface area contributed by atoms with E-state index in [1.165, 1.54) is 12.1 Å². The van der Waals surface area contributed by atoms with Gasteiger partial charge in [0.15, 0.2) is 0 Å². The van der Waals surface area contributed by atoms with Crippen molar-refractivity contribution in [2.75, 3.05) is 0 Å². The van der Waals surface area contributed by atoms with E-state index < -0.39 is 20.2 Å². The third kappa shape index (κ3) is 9.50. The standard InChI is InChI=1S/2C26H18N4O3S.Zn/c2*31-34(32,33)26-24-15-22-11-9-20(29-22)13-18-7-6-17(27-18)12-19-8-10-21(28-19)14-23(30-24)25(26)16-4-2-1-3-5-16;/h2*1-15,27-28H,(H,31,32,33);/q;;+2/p-2. The van der Waals surface area contributed by atoms with Crippen LogP contribution in [0.4, 0.5) is 0 Å². The predicted octanol–water partition coefficient (Wildman–Crippen LogP) is 9.89. The Hall–Kier alpha value is -7.92. The van der Waals surface area contributed by atoms with Gasteiger partial charge in [0.25, 0.3) is 0 Å². The van der Waals surface area contributed by atoms with Crippen molar-refractivity contribution in [1.82, 2.24) is 39.9 Å². The molecule has 17 heteroatoms. The van der Waals surface area contributed by atoms with Crippen molar-refractivity contribution in [2.45, 2.75) is 0 Å². The summed E-state index contributed by atoms with van der Waals surface area (Å²) in [5.41, 5.74) is 11.8. The van der Waals surface area contributed by atoms with Crippen LogP contribution in [0.1, 0.15) is 56.7 Å². The molecule has 16 bridgehead atoms. The molecule has 8 aromatic rings. The topological polar surface area (TPSA) is 229 Å². The van der Waals surface area contributed by atoms with Gasteiger partial charge in [0.1, 0.15) is 20.2 Å². The molecule has 0 fully saturated rings. The molecule has 332 valence electrons. The molecule has 4 N–H and O–H groups in total. The Kier molecular flexibility index (Phi) is 11.7. The van der Waals surface area contributed by atoms with Crippen LogP contribution in [-0.2, 0) is 39.7 Å². The number of hydrogen-bond donors (Lipinski definition) is 4. The average molecular weight is 996 g/mol. The van der Waals surface area contributed by atoms with Gasteiger partial charge < -0.3 is 29.0 Å². The average Bonchev–Trinajstić information content (AvgIpc) is 4.16. The smallest absolute Gasteiger partial charge is 0.744 e. The Balaban J connectivity index is 0.000000158. The SMILES string of the molecule is O=S(=O)([O-])C1=C(c2ccccc2)c2cc3ccc(cc4ccc(cc5nc(cc1n2)C=C5)[nH]4)[nH]3.O=S(=O)([O-])C1=C(c2ccccc2)c2cc3ccc(cc4ccc(cc5nc(cc1n2)C=C5)[nH]4)[nH]3.[Zn+2]. The van der Waals surface area contributed by atoms with Gasteiger partial charge >= 0.3 is 19.5 Å². The molecule has 2 aromatic carbocycles. The first-order valence-corrected chi connectivity index (χ1v) is 23.9. The van der Waals surface area contributed by atoms with Crippen LogP contribution in [0.25, 0.3) is 89.4 Å². The van der Waals surface area contributed by atoms with Crippen LogP contribution in [-0.4, -0.2) is 65.8 Å². The number of nitrogens with zero attached hydrogens (tertiary/aromatic N) is 4. The maximum Gasteiger partial charge on any atom is 2.00 e. The first-order valence-electron chi connectivity index (χ1n) is 21.1. The molecule has 12 rings (SSSR count). The molecule has 0 atom stereocenters. The summed E-state index contributed by atoms with van der Waals surface area (Å²) in [7, 11) is -9.69. The fourth-order valence-corrected chi connectivity index (χ4v) is 10.0. The molecule has 0 radical (unpaired) electrons. The summed E-state index contributed by atoms with van der Waals surface area (Å²) in [6, 6.07) is 47.6. The van der Waals surface area contributed by atoms with E-state index in [1.807, 2.05) is 97.1 Å². The molecule has 0 spiro atoms. The molecule has 69 heavy (non-hydrogen) atoms. The third-order valence-corrected chi connectivity index (χ3v) is 13.0. The van der Waals surface area contributed by atoms with Gasteiger partial charge in [-0.3, -0.25) is 0 Å². The van der Waals surface area contributed by atoms with Gasteiger partial charge in [-0.1, -0.05) is 60.7 Å². The number of fused-ring (bicyclic) bond motifs is 16. The van der Waals surface area contributed by atoms with Crippen LogP contribution >= 0.6 is 0 Å². The Bertz CT molecular complexity index is 3830. The molecular weight excluding hydrogens is 962 g/mol. The van der Waals surface area contributed by atoms with E-state index in [0.29, 0.717) is 45.3 Å². The molecule has 14 nitrogen and oxygen atoms in total. The molecule has 0 unspecified atom stereocenters. The van der Waals surface area contributed by atoms with Crippen molar-refractivity contribution in [3.05, 3.63) is 214 Å². The first kappa shape index (κ1) is 44.9. The van der Waals surface area contributed by atoms with Crippen LogP contribution in [0.3, 0.4) is 0 Å². The van der Waals surface area contributed by atoms with Crippen molar-refractivity contribution in [2.24, 2.45) is 0 Å². The van der Waals surface area contributed by atoms with Crippen molar-refractivity contribution >= 4 is 110 Å². The Morgan fingerprint density at radius 1 is 0.333 bits per heavy atom. The fraction of sp³-hybridized carbons (Fsp3) is 0. The molecule has 0 aliphatic carbocycles. The van der Waals surface area contributed by atoms with Gasteiger partial charge in [-0.2, -0.15) is 0 Å². The minimum Gasteiger partial charge on any atom is -0.744 e. The number of aromatic amines is 4. The molecular formula is C52H34N8O6S2Zn. The second kappa shape index (κ2) is 18.0. The fourth-order valence-electron chi connectivity index (χ4n) is 8.37. The zero-order chi connectivity index (χ0) is 46.6. The van der Waals surface area contributed by atoms with Crippen molar-refractivity contribution in [1.29, 1.82) is 0 Å². The number of rotatable bonds is 4. The summed E-state index contributed by atoms with van der Waals surface area (Å²) in [5.74, 6) is 0. The number of benzene rings is 2. The molecule has 0 saturated carbocycles. The van der Waals surface area contributed by atoms with Gasteiger partial charge in [-0.25, -0.2) is 36.8 Å². The van der Waals surface area contributed by atoms with E-state index in [4.69, 9.17) is 0 Å². The zero-order valence-corrected chi connectivity index (χ0v) is 40.7. The number of aromatic nitrogens is 8. The summed E-state index contributed by atoms with van der Waals surface area (Å²) >= 11 is 0. The summed E-state index contributed by atoms with van der Waals surface area (Å²) in [4.78, 5) is 30.8. The normalized spacial score (nSPS) is 13.2. The quantitative estimate of drug-likeness (QED) is 0.0963. The minimum absolute atomic E-state index is 0. The maximum absolute atomic E-state index is 12.5. The van der Waals surface area contributed by atoms with Gasteiger partial charge in [0.05, 0.1) is 55.4 Å². The summed E-state index contributed by atoms with van der Waals surface area (Å²) in [6.45, 7) is 0. The predicted molar refractivity (Wildman–Crippen MR) is 264 cm³/mol. The number of hydrogen-bond acceptors (Lipinski definition) is 10.